The Morgan fingerprint density at radius 2 is 1.44 bits per heavy atom. The maximum absolute atomic E-state index is 12.1. The molecule has 3 aromatic carbocycles. The van der Waals surface area contributed by atoms with Crippen molar-refractivity contribution in [3.8, 4) is 5.75 Å². The van der Waals surface area contributed by atoms with Crippen LogP contribution in [-0.4, -0.2) is 45.7 Å². The van der Waals surface area contributed by atoms with Crippen LogP contribution in [0.15, 0.2) is 108 Å². The molecule has 0 bridgehead atoms. The Bertz CT molecular complexity index is 2190. The number of nitro groups is 2. The topological polar surface area (TPSA) is 160 Å². The number of non-ortho nitro benzene ring substituents is 1. The van der Waals surface area contributed by atoms with E-state index in [0.29, 0.717) is 16.9 Å². The van der Waals surface area contributed by atoms with Gasteiger partial charge in [0.15, 0.2) is 5.78 Å². The van der Waals surface area contributed by atoms with Gasteiger partial charge in [-0.3, -0.25) is 25.0 Å². The molecule has 12 nitrogen and oxygen atoms in total. The molecule has 7 rings (SSSR count). The van der Waals surface area contributed by atoms with Gasteiger partial charge in [0.25, 0.3) is 11.4 Å². The second kappa shape index (κ2) is 15.9. The van der Waals surface area contributed by atoms with Crippen molar-refractivity contribution in [1.82, 2.24) is 0 Å². The zero-order chi connectivity index (χ0) is 37.7. The normalized spacial score (nSPS) is 20.9. The molecular formula is C40H40N4O8UV. The Labute approximate surface area is 349 Å². The number of benzene rings is 3. The number of carbonyl (C=O) groups is 1. The van der Waals surface area contributed by atoms with Gasteiger partial charge < -0.3 is 24.7 Å². The van der Waals surface area contributed by atoms with Crippen molar-refractivity contribution >= 4 is 28.9 Å². The first-order chi connectivity index (χ1) is 24.5. The molecule has 14 heteroatoms. The first-order valence-corrected chi connectivity index (χ1v) is 16.7. The number of hydrogen-bond donors (Lipinski definition) is 2. The van der Waals surface area contributed by atoms with E-state index in [2.05, 4.69) is 37.5 Å². The maximum Gasteiger partial charge on any atom is 0.273 e. The first kappa shape index (κ1) is 42.5. The molecule has 1 radical (unpaired) electrons. The van der Waals surface area contributed by atoms with Gasteiger partial charge in [0.05, 0.1) is 34.6 Å². The third kappa shape index (κ3) is 7.17. The summed E-state index contributed by atoms with van der Waals surface area (Å²) in [7, 11) is 3.94. The molecule has 2 N–H and O–H groups in total. The van der Waals surface area contributed by atoms with Gasteiger partial charge in [0.1, 0.15) is 5.75 Å². The van der Waals surface area contributed by atoms with Crippen LogP contribution in [0.1, 0.15) is 55.5 Å². The van der Waals surface area contributed by atoms with E-state index in [9.17, 15) is 35.2 Å². The largest absolute Gasteiger partial charge is 0.463 e. The minimum atomic E-state index is -0.744. The van der Waals surface area contributed by atoms with Crippen LogP contribution in [0.5, 0.6) is 5.75 Å². The molecule has 3 aliphatic heterocycles. The van der Waals surface area contributed by atoms with E-state index in [1.165, 1.54) is 24.3 Å². The SMILES string of the molecule is CN1C(=CC=C2C=CC([N+](=O)[O-])=CC2=O)C(C)(C)c2cc(CO)ccc21.CN1c2ccc(CO)cc2C(C)(C)C12C=Cc1cc([N+](=O)[O-])ccc1O2.[U].[V]. The summed E-state index contributed by atoms with van der Waals surface area (Å²) in [6, 6.07) is 16.4. The molecule has 0 saturated carbocycles. The standard InChI is InChI=1S/2C20H20N2O4.U.V/c1-19(2)16-10-13(12-23)4-6-17(16)21(3)20(19)9-8-14-11-15(22(24)25)5-7-18(14)26-20;1-20(2)16-10-13(12-23)4-8-17(16)21(3)19(20)9-6-14-5-7-15(22(25)26)11-18(14)24;;/h2*4-11,23H,12H2,1-3H3;;. The number of fused-ring (bicyclic) bond motifs is 3. The monoisotopic (exact) mass is 993 g/mol. The number of nitrogens with zero attached hydrogens (tertiary/aromatic N) is 4. The van der Waals surface area contributed by atoms with E-state index in [-0.39, 0.29) is 85.5 Å². The van der Waals surface area contributed by atoms with Crippen LogP contribution < -0.4 is 14.5 Å². The number of hydrogen-bond acceptors (Lipinski definition) is 10. The fourth-order valence-electron chi connectivity index (χ4n) is 7.48. The number of carbonyl (C=O) groups excluding carboxylic acids is 1. The van der Waals surface area contributed by atoms with Crippen molar-refractivity contribution in [2.45, 2.75) is 57.5 Å². The summed E-state index contributed by atoms with van der Waals surface area (Å²) in [5, 5.41) is 40.7. The molecule has 0 aromatic heterocycles. The molecule has 4 aliphatic rings. The molecule has 0 saturated heterocycles. The van der Waals surface area contributed by atoms with Gasteiger partial charge in [-0.25, -0.2) is 0 Å². The third-order valence-electron chi connectivity index (χ3n) is 10.5. The number of likely N-dealkylation sites (N-methyl/N-ethyl adjacent to an activating group) is 2. The van der Waals surface area contributed by atoms with Crippen molar-refractivity contribution in [2.24, 2.45) is 0 Å². The molecule has 0 fully saturated rings. The molecule has 0 amide bonds. The van der Waals surface area contributed by atoms with Crippen LogP contribution in [0.2, 0.25) is 0 Å². The Morgan fingerprint density at radius 3 is 2.04 bits per heavy atom. The van der Waals surface area contributed by atoms with E-state index < -0.39 is 21.0 Å². The minimum Gasteiger partial charge on any atom is -0.463 e. The fourth-order valence-corrected chi connectivity index (χ4v) is 7.48. The number of rotatable bonds is 5. The van der Waals surface area contributed by atoms with E-state index >= 15 is 0 Å². The Kier molecular flexibility index (Phi) is 12.5. The van der Waals surface area contributed by atoms with E-state index in [4.69, 9.17) is 4.74 Å². The molecular weight excluding hydrogens is 953 g/mol. The number of nitro benzene ring substituents is 1. The van der Waals surface area contributed by atoms with Crippen molar-refractivity contribution in [3.05, 3.63) is 156 Å². The summed E-state index contributed by atoms with van der Waals surface area (Å²) in [5.74, 6) is 0.239. The van der Waals surface area contributed by atoms with Gasteiger partial charge in [-0.15, -0.1) is 0 Å². The molecule has 1 spiro atoms. The molecule has 277 valence electrons. The zero-order valence-corrected chi connectivity index (χ0v) is 36.3. The number of ketones is 1. The van der Waals surface area contributed by atoms with Crippen molar-refractivity contribution in [1.29, 1.82) is 0 Å². The Morgan fingerprint density at radius 1 is 0.815 bits per heavy atom. The molecule has 3 heterocycles. The van der Waals surface area contributed by atoms with Crippen LogP contribution in [0.4, 0.5) is 17.1 Å². The number of allylic oxidation sites excluding steroid dienone is 7. The summed E-state index contributed by atoms with van der Waals surface area (Å²) in [4.78, 5) is 37.0. The predicted octanol–water partition coefficient (Wildman–Crippen LogP) is 6.63. The molecule has 3 aromatic rings. The molecule has 1 aliphatic carbocycles. The van der Waals surface area contributed by atoms with Crippen LogP contribution in [0.3, 0.4) is 0 Å². The number of aliphatic hydroxyl groups is 2. The summed E-state index contributed by atoms with van der Waals surface area (Å²) >= 11 is 0. The van der Waals surface area contributed by atoms with Crippen LogP contribution in [0, 0.1) is 51.3 Å². The second-order valence-electron chi connectivity index (χ2n) is 14.2. The summed E-state index contributed by atoms with van der Waals surface area (Å²) in [6.45, 7) is 8.37. The van der Waals surface area contributed by atoms with Crippen LogP contribution in [-0.2, 0) is 47.4 Å². The average Bonchev–Trinajstić information content (AvgIpc) is 3.41. The van der Waals surface area contributed by atoms with Gasteiger partial charge in [-0.2, -0.15) is 0 Å². The predicted molar refractivity (Wildman–Crippen MR) is 198 cm³/mol. The van der Waals surface area contributed by atoms with E-state index in [1.807, 2.05) is 68.7 Å². The Hall–Kier alpha value is -4.21. The van der Waals surface area contributed by atoms with E-state index in [1.54, 1.807) is 12.1 Å². The number of anilines is 2. The summed E-state index contributed by atoms with van der Waals surface area (Å²) in [6.07, 6.45) is 11.3. The van der Waals surface area contributed by atoms with Crippen LogP contribution >= 0.6 is 0 Å². The molecule has 1 atom stereocenters. The van der Waals surface area contributed by atoms with Crippen molar-refractivity contribution in [2.75, 3.05) is 23.9 Å². The number of ether oxygens (including phenoxy) is 1. The fraction of sp³-hybridized carbons (Fsp3) is 0.275. The van der Waals surface area contributed by atoms with Crippen molar-refractivity contribution < 1.29 is 79.3 Å². The second-order valence-corrected chi connectivity index (χ2v) is 14.2. The minimum absolute atomic E-state index is 0. The van der Waals surface area contributed by atoms with E-state index in [0.717, 1.165) is 45.4 Å². The summed E-state index contributed by atoms with van der Waals surface area (Å²) in [5.41, 5.74) is 6.52. The first-order valence-electron chi connectivity index (χ1n) is 16.7. The number of aliphatic hydroxyl groups excluding tert-OH is 2. The quantitative estimate of drug-likeness (QED) is 0.162. The summed E-state index contributed by atoms with van der Waals surface area (Å²) < 4.78 is 6.45. The van der Waals surface area contributed by atoms with Crippen LogP contribution in [0.25, 0.3) is 6.08 Å². The zero-order valence-electron chi connectivity index (χ0n) is 30.7. The third-order valence-corrected chi connectivity index (χ3v) is 10.5. The van der Waals surface area contributed by atoms with Gasteiger partial charge in [-0.1, -0.05) is 38.1 Å². The molecule has 54 heavy (non-hydrogen) atoms. The van der Waals surface area contributed by atoms with Gasteiger partial charge in [0, 0.05) is 116 Å². The smallest absolute Gasteiger partial charge is 0.273 e. The van der Waals surface area contributed by atoms with Gasteiger partial charge in [-0.05, 0) is 84.7 Å². The van der Waals surface area contributed by atoms with Crippen molar-refractivity contribution in [3.63, 3.8) is 0 Å². The average molecular weight is 994 g/mol. The van der Waals surface area contributed by atoms with Gasteiger partial charge >= 0.3 is 0 Å². The van der Waals surface area contributed by atoms with Gasteiger partial charge in [0.2, 0.25) is 5.72 Å². The molecule has 1 unspecified atom stereocenters. The Balaban J connectivity index is 0.000000232. The maximum atomic E-state index is 12.1.